The lowest BCUT2D eigenvalue weighted by atomic mass is 10.3. The number of hydrogen-bond acceptors (Lipinski definition) is 6. The van der Waals surface area contributed by atoms with E-state index in [2.05, 4.69) is 0 Å². The third kappa shape index (κ3) is 2.74. The van der Waals surface area contributed by atoms with Crippen LogP contribution in [0.1, 0.15) is 5.76 Å². The van der Waals surface area contributed by atoms with Crippen LogP contribution < -0.4 is 0 Å². The van der Waals surface area contributed by atoms with Gasteiger partial charge in [0.2, 0.25) is 0 Å². The van der Waals surface area contributed by atoms with Gasteiger partial charge in [0.25, 0.3) is 11.1 Å². The van der Waals surface area contributed by atoms with Gasteiger partial charge >= 0.3 is 5.88 Å². The Morgan fingerprint density at radius 2 is 2.16 bits per heavy atom. The van der Waals surface area contributed by atoms with Crippen LogP contribution in [0.3, 0.4) is 0 Å². The molecule has 0 aromatic carbocycles. The molecule has 0 atom stereocenters. The van der Waals surface area contributed by atoms with Crippen LogP contribution in [0.2, 0.25) is 0 Å². The van der Waals surface area contributed by atoms with Gasteiger partial charge in [-0.2, -0.15) is 0 Å². The summed E-state index contributed by atoms with van der Waals surface area (Å²) in [6.07, 6.45) is 4.43. The van der Waals surface area contributed by atoms with Crippen LogP contribution in [0.15, 0.2) is 33.6 Å². The van der Waals surface area contributed by atoms with E-state index < -0.39 is 4.92 Å². The highest BCUT2D eigenvalue weighted by molar-refractivity contribution is 8.18. The molecule has 2 rings (SSSR count). The Kier molecular flexibility index (Phi) is 3.52. The molecule has 1 aliphatic heterocycles. The van der Waals surface area contributed by atoms with E-state index in [1.807, 2.05) is 0 Å². The van der Waals surface area contributed by atoms with Crippen molar-refractivity contribution < 1.29 is 18.9 Å². The number of hydrogen-bond donors (Lipinski definition) is 0. The number of carbonyl (C=O) groups excluding carboxylic acids is 2. The van der Waals surface area contributed by atoms with E-state index in [1.54, 1.807) is 0 Å². The second-order valence-corrected chi connectivity index (χ2v) is 4.55. The molecular weight excluding hydrogens is 272 g/mol. The number of likely N-dealkylation sites (N-methyl/N-ethyl adjacent to an activating group) is 1. The van der Waals surface area contributed by atoms with Crippen molar-refractivity contribution in [2.75, 3.05) is 7.05 Å². The first-order chi connectivity index (χ1) is 8.99. The van der Waals surface area contributed by atoms with E-state index in [-0.39, 0.29) is 17.0 Å². The van der Waals surface area contributed by atoms with Crippen molar-refractivity contribution in [2.24, 2.45) is 0 Å². The fourth-order valence-corrected chi connectivity index (χ4v) is 2.10. The van der Waals surface area contributed by atoms with Gasteiger partial charge in [0.15, 0.2) is 0 Å². The molecule has 2 heterocycles. The van der Waals surface area contributed by atoms with Crippen molar-refractivity contribution in [3.8, 4) is 0 Å². The fraction of sp³-hybridized carbons (Fsp3) is 0.0909. The number of nitrogens with zero attached hydrogens (tertiary/aromatic N) is 2. The van der Waals surface area contributed by atoms with E-state index in [4.69, 9.17) is 4.42 Å². The van der Waals surface area contributed by atoms with Crippen LogP contribution in [-0.4, -0.2) is 28.0 Å². The summed E-state index contributed by atoms with van der Waals surface area (Å²) >= 11 is 0.835. The molecule has 19 heavy (non-hydrogen) atoms. The Labute approximate surface area is 111 Å². The van der Waals surface area contributed by atoms with Crippen molar-refractivity contribution in [1.29, 1.82) is 0 Å². The first-order valence-corrected chi connectivity index (χ1v) is 5.93. The molecule has 0 unspecified atom stereocenters. The molecule has 0 spiro atoms. The molecule has 1 saturated heterocycles. The Hall–Kier alpha value is -2.35. The third-order valence-corrected chi connectivity index (χ3v) is 3.27. The molecule has 1 aromatic rings. The summed E-state index contributed by atoms with van der Waals surface area (Å²) in [5.74, 6) is -0.433. The summed E-state index contributed by atoms with van der Waals surface area (Å²) in [7, 11) is 1.40. The van der Waals surface area contributed by atoms with Gasteiger partial charge in [-0.3, -0.25) is 24.6 Å². The van der Waals surface area contributed by atoms with Gasteiger partial charge in [-0.1, -0.05) is 6.08 Å². The normalized spacial score (nSPS) is 17.9. The van der Waals surface area contributed by atoms with Crippen LogP contribution in [-0.2, 0) is 4.79 Å². The van der Waals surface area contributed by atoms with E-state index >= 15 is 0 Å². The van der Waals surface area contributed by atoms with Crippen molar-refractivity contribution >= 4 is 34.9 Å². The van der Waals surface area contributed by atoms with Gasteiger partial charge < -0.3 is 4.42 Å². The highest BCUT2D eigenvalue weighted by Gasteiger charge is 2.31. The summed E-state index contributed by atoms with van der Waals surface area (Å²) in [4.78, 5) is 33.8. The minimum atomic E-state index is -0.639. The zero-order valence-corrected chi connectivity index (χ0v) is 10.5. The number of thioether (sulfide) groups is 1. The van der Waals surface area contributed by atoms with Crippen molar-refractivity contribution in [3.05, 3.63) is 45.1 Å². The largest absolute Gasteiger partial charge is 0.433 e. The Morgan fingerprint density at radius 3 is 2.68 bits per heavy atom. The zero-order valence-electron chi connectivity index (χ0n) is 9.73. The van der Waals surface area contributed by atoms with Gasteiger partial charge in [-0.05, 0) is 30.0 Å². The number of furan rings is 1. The molecule has 0 bridgehead atoms. The van der Waals surface area contributed by atoms with Gasteiger partial charge in [0, 0.05) is 7.05 Å². The first kappa shape index (κ1) is 13.1. The molecule has 1 fully saturated rings. The smallest absolute Gasteiger partial charge is 0.401 e. The Morgan fingerprint density at radius 1 is 1.42 bits per heavy atom. The van der Waals surface area contributed by atoms with Crippen molar-refractivity contribution in [1.82, 2.24) is 4.90 Å². The van der Waals surface area contributed by atoms with Crippen LogP contribution in [0.5, 0.6) is 0 Å². The number of imide groups is 1. The molecule has 0 saturated carbocycles. The number of rotatable bonds is 3. The molecule has 7 nitrogen and oxygen atoms in total. The monoisotopic (exact) mass is 280 g/mol. The highest BCUT2D eigenvalue weighted by atomic mass is 32.2. The lowest BCUT2D eigenvalue weighted by molar-refractivity contribution is -0.402. The van der Waals surface area contributed by atoms with E-state index in [0.717, 1.165) is 16.7 Å². The second kappa shape index (κ2) is 5.11. The second-order valence-electron chi connectivity index (χ2n) is 3.56. The summed E-state index contributed by atoms with van der Waals surface area (Å²) < 4.78 is 4.89. The molecule has 98 valence electrons. The van der Waals surface area contributed by atoms with Crippen LogP contribution in [0, 0.1) is 10.1 Å². The molecule has 1 aliphatic rings. The lowest BCUT2D eigenvalue weighted by Crippen LogP contribution is -2.22. The van der Waals surface area contributed by atoms with Crippen LogP contribution in [0.4, 0.5) is 10.7 Å². The molecule has 0 radical (unpaired) electrons. The van der Waals surface area contributed by atoms with E-state index in [9.17, 15) is 19.7 Å². The summed E-state index contributed by atoms with van der Waals surface area (Å²) in [5.41, 5.74) is 0. The lowest BCUT2D eigenvalue weighted by Gasteiger charge is -2.00. The quantitative estimate of drug-likeness (QED) is 0.479. The number of amides is 2. The Balaban J connectivity index is 2.09. The Bertz CT molecular complexity index is 616. The van der Waals surface area contributed by atoms with E-state index in [0.29, 0.717) is 10.7 Å². The average Bonchev–Trinajstić information content (AvgIpc) is 2.92. The third-order valence-electron chi connectivity index (χ3n) is 2.29. The molecule has 0 N–H and O–H groups in total. The minimum Gasteiger partial charge on any atom is -0.401 e. The van der Waals surface area contributed by atoms with Crippen molar-refractivity contribution in [3.63, 3.8) is 0 Å². The maximum atomic E-state index is 11.5. The SMILES string of the molecule is CN1C(=O)S/C(=C\C=C\c2ccc([N+](=O)[O-])o2)C1=O. The fourth-order valence-electron chi connectivity index (χ4n) is 1.32. The summed E-state index contributed by atoms with van der Waals surface area (Å²) in [5, 5.41) is 10.1. The topological polar surface area (TPSA) is 93.7 Å². The summed E-state index contributed by atoms with van der Waals surface area (Å²) in [6, 6.07) is 2.67. The molecule has 0 aliphatic carbocycles. The molecule has 8 heteroatoms. The summed E-state index contributed by atoms with van der Waals surface area (Å²) in [6.45, 7) is 0. The number of nitro groups is 1. The number of allylic oxidation sites excluding steroid dienone is 2. The molecule has 2 amide bonds. The van der Waals surface area contributed by atoms with Gasteiger partial charge in [-0.25, -0.2) is 0 Å². The zero-order chi connectivity index (χ0) is 14.0. The van der Waals surface area contributed by atoms with Crippen LogP contribution in [0.25, 0.3) is 6.08 Å². The van der Waals surface area contributed by atoms with Crippen molar-refractivity contribution in [2.45, 2.75) is 0 Å². The van der Waals surface area contributed by atoms with Gasteiger partial charge in [0.1, 0.15) is 10.7 Å². The van der Waals surface area contributed by atoms with Gasteiger partial charge in [-0.15, -0.1) is 0 Å². The predicted molar refractivity (Wildman–Crippen MR) is 68.2 cm³/mol. The predicted octanol–water partition coefficient (Wildman–Crippen LogP) is 2.41. The maximum Gasteiger partial charge on any atom is 0.433 e. The maximum absolute atomic E-state index is 11.5. The first-order valence-electron chi connectivity index (χ1n) is 5.11. The standard InChI is InChI=1S/C11H8N2O5S/c1-12-10(14)8(19-11(12)15)4-2-3-7-5-6-9(18-7)13(16)17/h2-6H,1H3/b3-2+,8-4-. The minimum absolute atomic E-state index is 0.290. The average molecular weight is 280 g/mol. The number of carbonyl (C=O) groups is 2. The molecular formula is C11H8N2O5S. The van der Waals surface area contributed by atoms with E-state index in [1.165, 1.54) is 37.4 Å². The highest BCUT2D eigenvalue weighted by Crippen LogP contribution is 2.29. The molecule has 1 aromatic heterocycles. The van der Waals surface area contributed by atoms with Gasteiger partial charge in [0.05, 0.1) is 11.0 Å². The van der Waals surface area contributed by atoms with Crippen LogP contribution >= 0.6 is 11.8 Å².